The molecular formula is C39H77O. The van der Waals surface area contributed by atoms with Crippen molar-refractivity contribution >= 4 is 6.29 Å². The highest BCUT2D eigenvalue weighted by Gasteiger charge is 2.08. The quantitative estimate of drug-likeness (QED) is 0.0549. The van der Waals surface area contributed by atoms with Gasteiger partial charge in [0.2, 0.25) is 0 Å². The Morgan fingerprint density at radius 1 is 0.325 bits per heavy atom. The van der Waals surface area contributed by atoms with Crippen LogP contribution in [0.15, 0.2) is 0 Å². The van der Waals surface area contributed by atoms with Crippen LogP contribution in [0.3, 0.4) is 0 Å². The van der Waals surface area contributed by atoms with Gasteiger partial charge in [0.1, 0.15) is 6.29 Å². The molecule has 0 fully saturated rings. The summed E-state index contributed by atoms with van der Waals surface area (Å²) < 4.78 is 0. The minimum Gasteiger partial charge on any atom is -0.303 e. The first-order chi connectivity index (χ1) is 19.8. The first-order valence-electron chi connectivity index (χ1n) is 19.1. The molecule has 239 valence electrons. The number of aldehydes is 1. The van der Waals surface area contributed by atoms with Crippen molar-refractivity contribution in [2.24, 2.45) is 0 Å². The van der Waals surface area contributed by atoms with E-state index >= 15 is 0 Å². The topological polar surface area (TPSA) is 17.1 Å². The van der Waals surface area contributed by atoms with Crippen LogP contribution in [0.1, 0.15) is 239 Å². The maximum Gasteiger partial charge on any atom is 0.120 e. The summed E-state index contributed by atoms with van der Waals surface area (Å²) >= 11 is 0. The minimum absolute atomic E-state index is 0.720. The molecule has 0 aromatic heterocycles. The van der Waals surface area contributed by atoms with Crippen molar-refractivity contribution < 1.29 is 4.79 Å². The maximum absolute atomic E-state index is 11.1. The molecule has 0 saturated carbocycles. The Labute approximate surface area is 255 Å². The predicted molar refractivity (Wildman–Crippen MR) is 182 cm³/mol. The third-order valence-corrected chi connectivity index (χ3v) is 9.14. The number of carbonyl (C=O) groups is 1. The van der Waals surface area contributed by atoms with Gasteiger partial charge in [0.15, 0.2) is 0 Å². The van der Waals surface area contributed by atoms with Crippen molar-refractivity contribution in [1.29, 1.82) is 0 Å². The van der Waals surface area contributed by atoms with Crippen LogP contribution in [-0.4, -0.2) is 6.29 Å². The van der Waals surface area contributed by atoms with E-state index < -0.39 is 0 Å². The van der Waals surface area contributed by atoms with Crippen LogP contribution in [0.2, 0.25) is 0 Å². The van der Waals surface area contributed by atoms with Gasteiger partial charge in [-0.15, -0.1) is 0 Å². The molecule has 0 aliphatic carbocycles. The van der Waals surface area contributed by atoms with Crippen molar-refractivity contribution in [3.8, 4) is 0 Å². The van der Waals surface area contributed by atoms with Gasteiger partial charge in [-0.1, -0.05) is 219 Å². The van der Waals surface area contributed by atoms with E-state index in [2.05, 4.69) is 13.8 Å². The molecule has 1 heteroatoms. The van der Waals surface area contributed by atoms with Gasteiger partial charge >= 0.3 is 0 Å². The standard InChI is InChI=1S/C39H77O/c1-3-5-7-9-11-13-15-17-19-21-23-25-27-29-31-33-35-39(37-38-40)36-34-32-30-28-26-24-22-20-18-16-14-12-10-8-6-4-2/h38H,3-37H2,1-2H3. The Balaban J connectivity index is 3.36. The summed E-state index contributed by atoms with van der Waals surface area (Å²) in [7, 11) is 0. The van der Waals surface area contributed by atoms with Crippen molar-refractivity contribution in [1.82, 2.24) is 0 Å². The molecular weight excluding hydrogens is 484 g/mol. The van der Waals surface area contributed by atoms with Gasteiger partial charge in [-0.25, -0.2) is 0 Å². The lowest BCUT2D eigenvalue weighted by Crippen LogP contribution is -1.99. The molecule has 0 aromatic rings. The highest BCUT2D eigenvalue weighted by atomic mass is 16.1. The fraction of sp³-hybridized carbons (Fsp3) is 0.949. The maximum atomic E-state index is 11.1. The zero-order valence-electron chi connectivity index (χ0n) is 28.2. The fourth-order valence-corrected chi connectivity index (χ4v) is 6.29. The van der Waals surface area contributed by atoms with E-state index in [4.69, 9.17) is 0 Å². The molecule has 40 heavy (non-hydrogen) atoms. The smallest absolute Gasteiger partial charge is 0.120 e. The van der Waals surface area contributed by atoms with Crippen LogP contribution in [0, 0.1) is 5.92 Å². The third kappa shape index (κ3) is 33.9. The van der Waals surface area contributed by atoms with Crippen LogP contribution >= 0.6 is 0 Å². The Kier molecular flexibility index (Phi) is 36.4. The summed E-state index contributed by atoms with van der Waals surface area (Å²) in [5, 5.41) is 0. The Morgan fingerprint density at radius 3 is 0.725 bits per heavy atom. The average molecular weight is 562 g/mol. The van der Waals surface area contributed by atoms with E-state index in [-0.39, 0.29) is 0 Å². The van der Waals surface area contributed by atoms with E-state index in [1.165, 1.54) is 224 Å². The SMILES string of the molecule is CCCCCCCCCCCCCCCCCC[C](CC=O)CCCCCCCCCCCCCCCCCC. The van der Waals surface area contributed by atoms with Crippen LogP contribution in [-0.2, 0) is 4.79 Å². The van der Waals surface area contributed by atoms with Gasteiger partial charge in [-0.3, -0.25) is 0 Å². The predicted octanol–water partition coefficient (Wildman–Crippen LogP) is 14.5. The molecule has 1 radical (unpaired) electrons. The van der Waals surface area contributed by atoms with Crippen LogP contribution < -0.4 is 0 Å². The Bertz CT molecular complexity index is 408. The van der Waals surface area contributed by atoms with E-state index in [1.54, 1.807) is 0 Å². The largest absolute Gasteiger partial charge is 0.303 e. The summed E-state index contributed by atoms with van der Waals surface area (Å²) in [6.07, 6.45) is 49.9. The van der Waals surface area contributed by atoms with Gasteiger partial charge in [0.25, 0.3) is 0 Å². The summed E-state index contributed by atoms with van der Waals surface area (Å²) in [5.74, 6) is 1.53. The van der Waals surface area contributed by atoms with Crippen molar-refractivity contribution in [2.45, 2.75) is 239 Å². The molecule has 0 bridgehead atoms. The van der Waals surface area contributed by atoms with Gasteiger partial charge in [-0.05, 0) is 18.8 Å². The summed E-state index contributed by atoms with van der Waals surface area (Å²) in [4.78, 5) is 11.1. The minimum atomic E-state index is 0.720. The third-order valence-electron chi connectivity index (χ3n) is 9.14. The molecule has 1 nitrogen and oxygen atoms in total. The summed E-state index contributed by atoms with van der Waals surface area (Å²) in [6.45, 7) is 4.60. The molecule has 0 heterocycles. The zero-order chi connectivity index (χ0) is 29.0. The molecule has 0 amide bonds. The second kappa shape index (κ2) is 36.7. The number of hydrogen-bond acceptors (Lipinski definition) is 1. The number of hydrogen-bond donors (Lipinski definition) is 0. The molecule has 0 aliphatic heterocycles. The summed E-state index contributed by atoms with van der Waals surface area (Å²) in [6, 6.07) is 0. The molecule has 0 unspecified atom stereocenters. The monoisotopic (exact) mass is 562 g/mol. The van der Waals surface area contributed by atoms with Crippen molar-refractivity contribution in [2.75, 3.05) is 0 Å². The van der Waals surface area contributed by atoms with E-state index in [1.807, 2.05) is 0 Å². The highest BCUT2D eigenvalue weighted by molar-refractivity contribution is 5.52. The van der Waals surface area contributed by atoms with E-state index in [9.17, 15) is 4.79 Å². The Morgan fingerprint density at radius 2 is 0.525 bits per heavy atom. The first kappa shape index (κ1) is 39.7. The second-order valence-corrected chi connectivity index (χ2v) is 13.2. The highest BCUT2D eigenvalue weighted by Crippen LogP contribution is 2.23. The lowest BCUT2D eigenvalue weighted by molar-refractivity contribution is -0.107. The molecule has 0 aromatic carbocycles. The first-order valence-corrected chi connectivity index (χ1v) is 19.1. The normalized spacial score (nSPS) is 11.6. The molecule has 0 N–H and O–H groups in total. The zero-order valence-corrected chi connectivity index (χ0v) is 28.2. The lowest BCUT2D eigenvalue weighted by atomic mass is 9.92. The van der Waals surface area contributed by atoms with Gasteiger partial charge in [-0.2, -0.15) is 0 Å². The van der Waals surface area contributed by atoms with E-state index in [0.717, 1.165) is 12.7 Å². The summed E-state index contributed by atoms with van der Waals surface area (Å²) in [5.41, 5.74) is 0. The molecule has 0 rings (SSSR count). The fourth-order valence-electron chi connectivity index (χ4n) is 6.29. The van der Waals surface area contributed by atoms with Crippen LogP contribution in [0.5, 0.6) is 0 Å². The van der Waals surface area contributed by atoms with Crippen molar-refractivity contribution in [3.63, 3.8) is 0 Å². The molecule has 0 aliphatic rings. The average Bonchev–Trinajstić information content (AvgIpc) is 2.96. The number of rotatable bonds is 36. The van der Waals surface area contributed by atoms with E-state index in [0.29, 0.717) is 0 Å². The molecule has 0 spiro atoms. The number of unbranched alkanes of at least 4 members (excludes halogenated alkanes) is 30. The molecule has 0 atom stereocenters. The van der Waals surface area contributed by atoms with Crippen LogP contribution in [0.4, 0.5) is 0 Å². The number of carbonyl (C=O) groups excluding carboxylic acids is 1. The van der Waals surface area contributed by atoms with Gasteiger partial charge < -0.3 is 4.79 Å². The lowest BCUT2D eigenvalue weighted by Gasteiger charge is -2.13. The Hall–Kier alpha value is -0.330. The van der Waals surface area contributed by atoms with Crippen molar-refractivity contribution in [3.05, 3.63) is 5.92 Å². The van der Waals surface area contributed by atoms with Crippen LogP contribution in [0.25, 0.3) is 0 Å². The second-order valence-electron chi connectivity index (χ2n) is 13.2. The van der Waals surface area contributed by atoms with Gasteiger partial charge in [0, 0.05) is 6.42 Å². The molecule has 0 saturated heterocycles. The van der Waals surface area contributed by atoms with Gasteiger partial charge in [0.05, 0.1) is 0 Å².